The van der Waals surface area contributed by atoms with Gasteiger partial charge in [-0.1, -0.05) is 39.3 Å². The Labute approximate surface area is 112 Å². The summed E-state index contributed by atoms with van der Waals surface area (Å²) in [4.78, 5) is 10.6. The van der Waals surface area contributed by atoms with E-state index in [0.29, 0.717) is 18.8 Å². The van der Waals surface area contributed by atoms with Crippen molar-refractivity contribution in [3.05, 3.63) is 51.8 Å². The molecule has 0 radical (unpaired) electrons. The van der Waals surface area contributed by atoms with E-state index in [1.807, 2.05) is 24.3 Å². The molecule has 0 saturated carbocycles. The van der Waals surface area contributed by atoms with Crippen LogP contribution in [0.25, 0.3) is 0 Å². The molecular weight excluding hydrogens is 300 g/mol. The number of hydrogen-bond donors (Lipinski definition) is 2. The number of aromatic carboxylic acids is 1. The van der Waals surface area contributed by atoms with E-state index in [1.54, 1.807) is 0 Å². The number of halogens is 1. The Morgan fingerprint density at radius 1 is 1.39 bits per heavy atom. The summed E-state index contributed by atoms with van der Waals surface area (Å²) >= 11 is 3.45. The van der Waals surface area contributed by atoms with Crippen LogP contribution in [0.15, 0.2) is 39.3 Å². The van der Waals surface area contributed by atoms with Crippen molar-refractivity contribution in [2.24, 2.45) is 0 Å². The summed E-state index contributed by atoms with van der Waals surface area (Å²) in [6, 6.07) is 9.28. The zero-order valence-corrected chi connectivity index (χ0v) is 11.0. The molecule has 0 atom stereocenters. The standard InChI is InChI=1S/C12H11BrN2O3/c13-10-4-2-1-3-8(10)6-14-7-9-5-11(12(16)17)15-18-9/h1-5,14H,6-7H2,(H,16,17). The van der Waals surface area contributed by atoms with Crippen molar-refractivity contribution in [2.75, 3.05) is 0 Å². The second kappa shape index (κ2) is 5.79. The molecule has 0 aliphatic heterocycles. The van der Waals surface area contributed by atoms with Crippen molar-refractivity contribution in [1.29, 1.82) is 0 Å². The summed E-state index contributed by atoms with van der Waals surface area (Å²) in [6.07, 6.45) is 0. The van der Waals surface area contributed by atoms with Gasteiger partial charge in [-0.3, -0.25) is 0 Å². The number of hydrogen-bond acceptors (Lipinski definition) is 4. The summed E-state index contributed by atoms with van der Waals surface area (Å²) in [5.74, 6) is -0.588. The molecule has 6 heteroatoms. The summed E-state index contributed by atoms with van der Waals surface area (Å²) in [7, 11) is 0. The lowest BCUT2D eigenvalue weighted by Crippen LogP contribution is -2.12. The number of nitrogens with one attached hydrogen (secondary N) is 1. The van der Waals surface area contributed by atoms with Gasteiger partial charge in [0.15, 0.2) is 11.5 Å². The highest BCUT2D eigenvalue weighted by atomic mass is 79.9. The summed E-state index contributed by atoms with van der Waals surface area (Å²) in [5.41, 5.74) is 1.04. The van der Waals surface area contributed by atoms with Gasteiger partial charge in [0.25, 0.3) is 0 Å². The Morgan fingerprint density at radius 2 is 2.17 bits per heavy atom. The SMILES string of the molecule is O=C(O)c1cc(CNCc2ccccc2Br)on1. The van der Waals surface area contributed by atoms with E-state index in [9.17, 15) is 4.79 Å². The Morgan fingerprint density at radius 3 is 2.83 bits per heavy atom. The van der Waals surface area contributed by atoms with E-state index in [1.165, 1.54) is 6.07 Å². The molecule has 94 valence electrons. The topological polar surface area (TPSA) is 75.4 Å². The Balaban J connectivity index is 1.88. The third-order valence-electron chi connectivity index (χ3n) is 2.35. The summed E-state index contributed by atoms with van der Waals surface area (Å²) in [6.45, 7) is 1.09. The first kappa shape index (κ1) is 12.8. The lowest BCUT2D eigenvalue weighted by atomic mass is 10.2. The van der Waals surface area contributed by atoms with Crippen LogP contribution >= 0.6 is 15.9 Å². The van der Waals surface area contributed by atoms with Gasteiger partial charge in [-0.2, -0.15) is 0 Å². The minimum Gasteiger partial charge on any atom is -0.476 e. The van der Waals surface area contributed by atoms with Gasteiger partial charge in [0.1, 0.15) is 0 Å². The Kier molecular flexibility index (Phi) is 4.11. The number of carboxylic acids is 1. The van der Waals surface area contributed by atoms with Crippen LogP contribution in [0.1, 0.15) is 21.8 Å². The quantitative estimate of drug-likeness (QED) is 0.887. The van der Waals surface area contributed by atoms with Crippen molar-refractivity contribution < 1.29 is 14.4 Å². The van der Waals surface area contributed by atoms with Gasteiger partial charge in [-0.25, -0.2) is 4.79 Å². The maximum Gasteiger partial charge on any atom is 0.358 e. The minimum atomic E-state index is -1.09. The molecule has 0 unspecified atom stereocenters. The van der Waals surface area contributed by atoms with Crippen LogP contribution in [0, 0.1) is 0 Å². The molecule has 0 bridgehead atoms. The number of aromatic nitrogens is 1. The molecule has 0 spiro atoms. The Bertz CT molecular complexity index is 554. The van der Waals surface area contributed by atoms with Crippen molar-refractivity contribution in [2.45, 2.75) is 13.1 Å². The maximum absolute atomic E-state index is 10.6. The highest BCUT2D eigenvalue weighted by molar-refractivity contribution is 9.10. The zero-order valence-electron chi connectivity index (χ0n) is 9.39. The van der Waals surface area contributed by atoms with E-state index in [-0.39, 0.29) is 5.69 Å². The predicted octanol–water partition coefficient (Wildman–Crippen LogP) is 2.43. The lowest BCUT2D eigenvalue weighted by molar-refractivity contribution is 0.0685. The molecule has 2 aromatic rings. The normalized spacial score (nSPS) is 10.5. The molecule has 1 heterocycles. The maximum atomic E-state index is 10.6. The smallest absolute Gasteiger partial charge is 0.358 e. The second-order valence-electron chi connectivity index (χ2n) is 3.68. The molecule has 2 N–H and O–H groups in total. The van der Waals surface area contributed by atoms with Crippen LogP contribution < -0.4 is 5.32 Å². The first-order valence-corrected chi connectivity index (χ1v) is 6.09. The van der Waals surface area contributed by atoms with Gasteiger partial charge in [-0.05, 0) is 11.6 Å². The number of benzene rings is 1. The molecule has 0 aliphatic carbocycles. The molecule has 1 aromatic carbocycles. The van der Waals surface area contributed by atoms with E-state index >= 15 is 0 Å². The fraction of sp³-hybridized carbons (Fsp3) is 0.167. The summed E-state index contributed by atoms with van der Waals surface area (Å²) in [5, 5.41) is 15.3. The highest BCUT2D eigenvalue weighted by Crippen LogP contribution is 2.15. The average molecular weight is 311 g/mol. The number of carbonyl (C=O) groups is 1. The third kappa shape index (κ3) is 3.18. The molecule has 0 aliphatic rings. The molecule has 18 heavy (non-hydrogen) atoms. The van der Waals surface area contributed by atoms with Crippen LogP contribution in [-0.2, 0) is 13.1 Å². The molecular formula is C12H11BrN2O3. The van der Waals surface area contributed by atoms with E-state index in [4.69, 9.17) is 9.63 Å². The minimum absolute atomic E-state index is 0.0762. The lowest BCUT2D eigenvalue weighted by Gasteiger charge is -2.04. The number of rotatable bonds is 5. The van der Waals surface area contributed by atoms with Crippen molar-refractivity contribution in [3.8, 4) is 0 Å². The summed E-state index contributed by atoms with van der Waals surface area (Å²) < 4.78 is 5.92. The molecule has 0 amide bonds. The van der Waals surface area contributed by atoms with Crippen molar-refractivity contribution in [3.63, 3.8) is 0 Å². The van der Waals surface area contributed by atoms with Crippen LogP contribution in [0.4, 0.5) is 0 Å². The first-order valence-electron chi connectivity index (χ1n) is 5.30. The predicted molar refractivity (Wildman–Crippen MR) is 68.1 cm³/mol. The molecule has 0 fully saturated rings. The molecule has 5 nitrogen and oxygen atoms in total. The zero-order chi connectivity index (χ0) is 13.0. The van der Waals surface area contributed by atoms with Gasteiger partial charge in [0, 0.05) is 17.1 Å². The number of carboxylic acid groups (broad SMARTS) is 1. The van der Waals surface area contributed by atoms with Gasteiger partial charge in [-0.15, -0.1) is 0 Å². The first-order chi connectivity index (χ1) is 8.66. The fourth-order valence-corrected chi connectivity index (χ4v) is 1.88. The molecule has 1 aromatic heterocycles. The second-order valence-corrected chi connectivity index (χ2v) is 4.53. The average Bonchev–Trinajstić information content (AvgIpc) is 2.80. The van der Waals surface area contributed by atoms with E-state index < -0.39 is 5.97 Å². The molecule has 0 saturated heterocycles. The van der Waals surface area contributed by atoms with Crippen molar-refractivity contribution in [1.82, 2.24) is 10.5 Å². The Hall–Kier alpha value is -1.66. The van der Waals surface area contributed by atoms with Gasteiger partial charge >= 0.3 is 5.97 Å². The van der Waals surface area contributed by atoms with Crippen LogP contribution in [-0.4, -0.2) is 16.2 Å². The van der Waals surface area contributed by atoms with Crippen molar-refractivity contribution >= 4 is 21.9 Å². The van der Waals surface area contributed by atoms with Crippen LogP contribution in [0.3, 0.4) is 0 Å². The van der Waals surface area contributed by atoms with E-state index in [2.05, 4.69) is 26.4 Å². The highest BCUT2D eigenvalue weighted by Gasteiger charge is 2.10. The largest absolute Gasteiger partial charge is 0.476 e. The van der Waals surface area contributed by atoms with Crippen LogP contribution in [0.5, 0.6) is 0 Å². The molecule has 2 rings (SSSR count). The fourth-order valence-electron chi connectivity index (χ4n) is 1.46. The van der Waals surface area contributed by atoms with Gasteiger partial charge in [0.2, 0.25) is 0 Å². The van der Waals surface area contributed by atoms with Crippen LogP contribution in [0.2, 0.25) is 0 Å². The van der Waals surface area contributed by atoms with Gasteiger partial charge < -0.3 is 14.9 Å². The number of nitrogens with zero attached hydrogens (tertiary/aromatic N) is 1. The third-order valence-corrected chi connectivity index (χ3v) is 3.12. The van der Waals surface area contributed by atoms with Gasteiger partial charge in [0.05, 0.1) is 6.54 Å². The monoisotopic (exact) mass is 310 g/mol. The van der Waals surface area contributed by atoms with E-state index in [0.717, 1.165) is 10.0 Å².